The van der Waals surface area contributed by atoms with Crippen LogP contribution in [0.3, 0.4) is 0 Å². The summed E-state index contributed by atoms with van der Waals surface area (Å²) in [7, 11) is 0. The highest BCUT2D eigenvalue weighted by molar-refractivity contribution is 5.85. The molecule has 0 aromatic rings. The van der Waals surface area contributed by atoms with Gasteiger partial charge in [0.25, 0.3) is 0 Å². The first kappa shape index (κ1) is 22.9. The highest BCUT2D eigenvalue weighted by Crippen LogP contribution is 2.11. The van der Waals surface area contributed by atoms with Crippen molar-refractivity contribution in [3.8, 4) is 0 Å². The van der Waals surface area contributed by atoms with Crippen molar-refractivity contribution in [2.45, 2.75) is 44.9 Å². The van der Waals surface area contributed by atoms with E-state index in [1.54, 1.807) is 0 Å². The Morgan fingerprint density at radius 1 is 1.22 bits per heavy atom. The molecule has 0 saturated carbocycles. The monoisotopic (exact) mass is 371 g/mol. The molecule has 0 aliphatic carbocycles. The Labute approximate surface area is 151 Å². The highest BCUT2D eigenvalue weighted by atomic mass is 35.5. The van der Waals surface area contributed by atoms with E-state index in [2.05, 4.69) is 29.4 Å². The van der Waals surface area contributed by atoms with Crippen molar-refractivity contribution in [3.63, 3.8) is 0 Å². The average molecular weight is 372 g/mol. The van der Waals surface area contributed by atoms with Gasteiger partial charge in [0.15, 0.2) is 0 Å². The van der Waals surface area contributed by atoms with E-state index in [4.69, 9.17) is 9.47 Å². The van der Waals surface area contributed by atoms with Crippen LogP contribution in [0.15, 0.2) is 0 Å². The SMILES string of the molecule is CC1CN(CCCCNC(=O)C2COCCN2)CC(C)O1.Cl.Cl. The van der Waals surface area contributed by atoms with Crippen LogP contribution in [0.25, 0.3) is 0 Å². The van der Waals surface area contributed by atoms with Crippen molar-refractivity contribution >= 4 is 30.7 Å². The number of nitrogens with zero attached hydrogens (tertiary/aromatic N) is 1. The van der Waals surface area contributed by atoms with Crippen LogP contribution in [0.1, 0.15) is 26.7 Å². The maximum Gasteiger partial charge on any atom is 0.239 e. The summed E-state index contributed by atoms with van der Waals surface area (Å²) in [5.41, 5.74) is 0. The summed E-state index contributed by atoms with van der Waals surface area (Å²) in [5.74, 6) is 0.0586. The quantitative estimate of drug-likeness (QED) is 0.677. The van der Waals surface area contributed by atoms with Gasteiger partial charge in [-0.2, -0.15) is 0 Å². The molecule has 138 valence electrons. The van der Waals surface area contributed by atoms with Crippen molar-refractivity contribution < 1.29 is 14.3 Å². The molecule has 2 heterocycles. The van der Waals surface area contributed by atoms with E-state index in [0.717, 1.165) is 45.6 Å². The van der Waals surface area contributed by atoms with Crippen LogP contribution in [0, 0.1) is 0 Å². The summed E-state index contributed by atoms with van der Waals surface area (Å²) >= 11 is 0. The maximum atomic E-state index is 11.9. The van der Waals surface area contributed by atoms with Gasteiger partial charge in [0.2, 0.25) is 5.91 Å². The lowest BCUT2D eigenvalue weighted by Gasteiger charge is -2.35. The Morgan fingerprint density at radius 3 is 2.52 bits per heavy atom. The molecule has 0 bridgehead atoms. The summed E-state index contributed by atoms with van der Waals surface area (Å²) in [6.45, 7) is 10.0. The molecule has 3 unspecified atom stereocenters. The molecule has 0 spiro atoms. The van der Waals surface area contributed by atoms with Crippen LogP contribution in [0.5, 0.6) is 0 Å². The lowest BCUT2D eigenvalue weighted by molar-refractivity contribution is -0.125. The van der Waals surface area contributed by atoms with Crippen molar-refractivity contribution in [2.75, 3.05) is 45.9 Å². The van der Waals surface area contributed by atoms with Gasteiger partial charge >= 0.3 is 0 Å². The lowest BCUT2D eigenvalue weighted by atomic mass is 10.2. The van der Waals surface area contributed by atoms with Gasteiger partial charge in [-0.15, -0.1) is 24.8 Å². The predicted octanol–water partition coefficient (Wildman–Crippen LogP) is 0.824. The zero-order valence-corrected chi connectivity index (χ0v) is 15.7. The molecule has 1 amide bonds. The van der Waals surface area contributed by atoms with Gasteiger partial charge in [-0.25, -0.2) is 0 Å². The first-order valence-electron chi connectivity index (χ1n) is 8.12. The molecule has 2 fully saturated rings. The molecule has 23 heavy (non-hydrogen) atoms. The molecule has 2 aliphatic heterocycles. The number of hydrogen-bond donors (Lipinski definition) is 2. The van der Waals surface area contributed by atoms with Crippen LogP contribution < -0.4 is 10.6 Å². The molecule has 6 nitrogen and oxygen atoms in total. The number of nitrogens with one attached hydrogen (secondary N) is 2. The van der Waals surface area contributed by atoms with E-state index < -0.39 is 0 Å². The van der Waals surface area contributed by atoms with E-state index in [1.165, 1.54) is 0 Å². The van der Waals surface area contributed by atoms with Crippen LogP contribution in [0.2, 0.25) is 0 Å². The second-order valence-electron chi connectivity index (χ2n) is 6.10. The fourth-order valence-corrected chi connectivity index (χ4v) is 3.00. The van der Waals surface area contributed by atoms with Gasteiger partial charge < -0.3 is 20.1 Å². The third-order valence-corrected chi connectivity index (χ3v) is 3.93. The minimum Gasteiger partial charge on any atom is -0.378 e. The molecule has 2 N–H and O–H groups in total. The number of unbranched alkanes of at least 4 members (excludes halogenated alkanes) is 1. The molecule has 0 aromatic carbocycles. The Bertz CT molecular complexity index is 321. The largest absolute Gasteiger partial charge is 0.378 e. The summed E-state index contributed by atoms with van der Waals surface area (Å²) in [6.07, 6.45) is 2.77. The average Bonchev–Trinajstić information content (AvgIpc) is 2.46. The number of halogens is 2. The van der Waals surface area contributed by atoms with Crippen LogP contribution in [-0.2, 0) is 14.3 Å². The third-order valence-electron chi connectivity index (χ3n) is 3.93. The fraction of sp³-hybridized carbons (Fsp3) is 0.933. The first-order valence-corrected chi connectivity index (χ1v) is 8.12. The van der Waals surface area contributed by atoms with E-state index in [1.807, 2.05) is 0 Å². The standard InChI is InChI=1S/C15H29N3O3.2ClH/c1-12-9-18(10-13(2)21-12)7-4-3-5-17-15(19)14-11-20-8-6-16-14;;/h12-14,16H,3-11H2,1-2H3,(H,17,19);2*1H. The number of rotatable bonds is 6. The second kappa shape index (κ2) is 12.3. The number of carbonyl (C=O) groups excluding carboxylic acids is 1. The normalized spacial score (nSPS) is 28.3. The Morgan fingerprint density at radius 2 is 1.91 bits per heavy atom. The fourth-order valence-electron chi connectivity index (χ4n) is 3.00. The molecule has 0 radical (unpaired) electrons. The number of morpholine rings is 2. The Hall–Kier alpha value is -0.110. The smallest absolute Gasteiger partial charge is 0.239 e. The van der Waals surface area contributed by atoms with E-state index >= 15 is 0 Å². The molecule has 2 aliphatic rings. The van der Waals surface area contributed by atoms with Crippen molar-refractivity contribution in [2.24, 2.45) is 0 Å². The van der Waals surface area contributed by atoms with Crippen LogP contribution in [-0.4, -0.2) is 75.0 Å². The molecule has 2 rings (SSSR count). The molecule has 0 aromatic heterocycles. The molecule has 2 saturated heterocycles. The topological polar surface area (TPSA) is 62.8 Å². The van der Waals surface area contributed by atoms with Gasteiger partial charge in [0.05, 0.1) is 25.4 Å². The summed E-state index contributed by atoms with van der Waals surface area (Å²) < 4.78 is 11.0. The summed E-state index contributed by atoms with van der Waals surface area (Å²) in [6, 6.07) is -0.181. The van der Waals surface area contributed by atoms with Crippen LogP contribution in [0.4, 0.5) is 0 Å². The minimum absolute atomic E-state index is 0. The van der Waals surface area contributed by atoms with Gasteiger partial charge in [0.1, 0.15) is 6.04 Å². The Balaban J connectivity index is 0.00000242. The van der Waals surface area contributed by atoms with Gasteiger partial charge in [-0.1, -0.05) is 0 Å². The van der Waals surface area contributed by atoms with E-state index in [9.17, 15) is 4.79 Å². The Kier molecular flexibility index (Phi) is 12.2. The summed E-state index contributed by atoms with van der Waals surface area (Å²) in [4.78, 5) is 14.3. The zero-order chi connectivity index (χ0) is 15.1. The third kappa shape index (κ3) is 8.52. The predicted molar refractivity (Wildman–Crippen MR) is 95.8 cm³/mol. The number of amides is 1. The van der Waals surface area contributed by atoms with Crippen molar-refractivity contribution in [3.05, 3.63) is 0 Å². The van der Waals surface area contributed by atoms with Crippen LogP contribution >= 0.6 is 24.8 Å². The molecular formula is C15H31Cl2N3O3. The lowest BCUT2D eigenvalue weighted by Crippen LogP contribution is -2.51. The number of carbonyl (C=O) groups is 1. The second-order valence-corrected chi connectivity index (χ2v) is 6.10. The zero-order valence-electron chi connectivity index (χ0n) is 14.1. The maximum absolute atomic E-state index is 11.9. The molecule has 8 heteroatoms. The summed E-state index contributed by atoms with van der Waals surface area (Å²) in [5, 5.41) is 6.15. The molecular weight excluding hydrogens is 341 g/mol. The number of hydrogen-bond acceptors (Lipinski definition) is 5. The van der Waals surface area contributed by atoms with Gasteiger partial charge in [0, 0.05) is 26.2 Å². The number of ether oxygens (including phenoxy) is 2. The van der Waals surface area contributed by atoms with Crippen molar-refractivity contribution in [1.29, 1.82) is 0 Å². The van der Waals surface area contributed by atoms with Gasteiger partial charge in [-0.05, 0) is 33.2 Å². The minimum atomic E-state index is -0.181. The molecule has 3 atom stereocenters. The first-order chi connectivity index (χ1) is 10.1. The highest BCUT2D eigenvalue weighted by Gasteiger charge is 2.22. The van der Waals surface area contributed by atoms with E-state index in [0.29, 0.717) is 25.4 Å². The van der Waals surface area contributed by atoms with E-state index in [-0.39, 0.29) is 36.8 Å². The van der Waals surface area contributed by atoms with Crippen molar-refractivity contribution in [1.82, 2.24) is 15.5 Å². The van der Waals surface area contributed by atoms with Gasteiger partial charge in [-0.3, -0.25) is 9.69 Å².